The van der Waals surface area contributed by atoms with Crippen molar-refractivity contribution in [3.05, 3.63) is 0 Å². The number of amides is 1. The van der Waals surface area contributed by atoms with Gasteiger partial charge in [-0.3, -0.25) is 4.79 Å². The first-order chi connectivity index (χ1) is 5.37. The average molecular weight is 173 g/mol. The van der Waals surface area contributed by atoms with Crippen molar-refractivity contribution in [1.82, 2.24) is 4.90 Å². The van der Waals surface area contributed by atoms with Crippen LogP contribution in [0, 0.1) is 0 Å². The minimum Gasteiger partial charge on any atom is -0.384 e. The van der Waals surface area contributed by atoms with Gasteiger partial charge < -0.3 is 10.0 Å². The number of aliphatic hydroxyl groups is 1. The van der Waals surface area contributed by atoms with Crippen molar-refractivity contribution in [2.75, 3.05) is 0 Å². The molecule has 0 unspecified atom stereocenters. The first-order valence-corrected chi connectivity index (χ1v) is 4.38. The van der Waals surface area contributed by atoms with Crippen molar-refractivity contribution >= 4 is 5.91 Å². The molecule has 0 spiro atoms. The number of carbonyl (C=O) groups excluding carboxylic acids is 1. The lowest BCUT2D eigenvalue weighted by Crippen LogP contribution is -2.46. The fraction of sp³-hybridized carbons (Fsp3) is 0.889. The Labute approximate surface area is 74.4 Å². The SMILES string of the molecule is CC(C)N(C(=O)[C@@H](C)O)C(C)C. The number of hydrogen-bond donors (Lipinski definition) is 1. The predicted molar refractivity (Wildman–Crippen MR) is 48.8 cm³/mol. The van der Waals surface area contributed by atoms with Crippen LogP contribution in [0.5, 0.6) is 0 Å². The second kappa shape index (κ2) is 4.45. The highest BCUT2D eigenvalue weighted by atomic mass is 16.3. The van der Waals surface area contributed by atoms with Gasteiger partial charge in [0.25, 0.3) is 5.91 Å². The maximum Gasteiger partial charge on any atom is 0.251 e. The lowest BCUT2D eigenvalue weighted by Gasteiger charge is -2.31. The molecule has 0 radical (unpaired) electrons. The van der Waals surface area contributed by atoms with E-state index in [1.807, 2.05) is 27.7 Å². The van der Waals surface area contributed by atoms with Gasteiger partial charge in [-0.1, -0.05) is 0 Å². The molecule has 0 bridgehead atoms. The van der Waals surface area contributed by atoms with Crippen LogP contribution in [-0.2, 0) is 4.79 Å². The number of hydrogen-bond acceptors (Lipinski definition) is 2. The van der Waals surface area contributed by atoms with E-state index in [-0.39, 0.29) is 18.0 Å². The van der Waals surface area contributed by atoms with E-state index >= 15 is 0 Å². The monoisotopic (exact) mass is 173 g/mol. The summed E-state index contributed by atoms with van der Waals surface area (Å²) in [6, 6.07) is 0.291. The van der Waals surface area contributed by atoms with E-state index in [1.54, 1.807) is 4.90 Å². The number of carbonyl (C=O) groups is 1. The standard InChI is InChI=1S/C9H19NO2/c1-6(2)10(7(3)4)9(12)8(5)11/h6-8,11H,1-5H3/t8-/m1/s1. The topological polar surface area (TPSA) is 40.5 Å². The summed E-state index contributed by atoms with van der Waals surface area (Å²) in [5.41, 5.74) is 0. The van der Waals surface area contributed by atoms with Gasteiger partial charge in [-0.25, -0.2) is 0 Å². The van der Waals surface area contributed by atoms with Crippen molar-refractivity contribution in [2.24, 2.45) is 0 Å². The highest BCUT2D eigenvalue weighted by Crippen LogP contribution is 2.07. The van der Waals surface area contributed by atoms with Crippen LogP contribution in [0.15, 0.2) is 0 Å². The lowest BCUT2D eigenvalue weighted by atomic mass is 10.2. The van der Waals surface area contributed by atoms with Gasteiger partial charge in [0.05, 0.1) is 0 Å². The van der Waals surface area contributed by atoms with Crippen LogP contribution in [0.2, 0.25) is 0 Å². The number of nitrogens with zero attached hydrogens (tertiary/aromatic N) is 1. The Kier molecular flexibility index (Phi) is 4.24. The zero-order valence-electron chi connectivity index (χ0n) is 8.53. The molecule has 1 N–H and O–H groups in total. The Morgan fingerprint density at radius 1 is 1.08 bits per heavy atom. The third kappa shape index (κ3) is 2.81. The van der Waals surface area contributed by atoms with Gasteiger partial charge >= 0.3 is 0 Å². The van der Waals surface area contributed by atoms with Gasteiger partial charge in [0.1, 0.15) is 6.10 Å². The Bertz CT molecular complexity index is 145. The van der Waals surface area contributed by atoms with Crippen LogP contribution in [-0.4, -0.2) is 34.1 Å². The molecule has 0 aromatic heterocycles. The van der Waals surface area contributed by atoms with Crippen molar-refractivity contribution in [1.29, 1.82) is 0 Å². The zero-order valence-corrected chi connectivity index (χ0v) is 8.53. The third-order valence-electron chi connectivity index (χ3n) is 1.72. The molecule has 3 heteroatoms. The van der Waals surface area contributed by atoms with E-state index in [0.29, 0.717) is 0 Å². The van der Waals surface area contributed by atoms with E-state index < -0.39 is 6.10 Å². The average Bonchev–Trinajstić information content (AvgIpc) is 1.85. The molecule has 0 saturated carbocycles. The molecule has 1 amide bonds. The van der Waals surface area contributed by atoms with Crippen molar-refractivity contribution in [3.63, 3.8) is 0 Å². The summed E-state index contributed by atoms with van der Waals surface area (Å²) >= 11 is 0. The maximum atomic E-state index is 11.4. The highest BCUT2D eigenvalue weighted by molar-refractivity contribution is 5.80. The Morgan fingerprint density at radius 2 is 1.42 bits per heavy atom. The minimum atomic E-state index is -0.894. The molecule has 0 fully saturated rings. The highest BCUT2D eigenvalue weighted by Gasteiger charge is 2.23. The van der Waals surface area contributed by atoms with E-state index in [1.165, 1.54) is 6.92 Å². The van der Waals surface area contributed by atoms with Crippen LogP contribution in [0.25, 0.3) is 0 Å². The molecule has 0 aliphatic carbocycles. The van der Waals surface area contributed by atoms with Crippen LogP contribution >= 0.6 is 0 Å². The van der Waals surface area contributed by atoms with Crippen LogP contribution in [0.4, 0.5) is 0 Å². The summed E-state index contributed by atoms with van der Waals surface area (Å²) in [4.78, 5) is 13.1. The van der Waals surface area contributed by atoms with E-state index in [2.05, 4.69) is 0 Å². The van der Waals surface area contributed by atoms with Gasteiger partial charge in [-0.15, -0.1) is 0 Å². The molecule has 1 atom stereocenters. The predicted octanol–water partition coefficient (Wildman–Crippen LogP) is 1.01. The normalized spacial score (nSPS) is 13.7. The molecule has 0 saturated heterocycles. The minimum absolute atomic E-state index is 0.145. The van der Waals surface area contributed by atoms with Gasteiger partial charge in [-0.2, -0.15) is 0 Å². The molecular weight excluding hydrogens is 154 g/mol. The van der Waals surface area contributed by atoms with Crippen molar-refractivity contribution in [2.45, 2.75) is 52.8 Å². The quantitative estimate of drug-likeness (QED) is 0.692. The van der Waals surface area contributed by atoms with Crippen LogP contribution in [0.3, 0.4) is 0 Å². The smallest absolute Gasteiger partial charge is 0.251 e. The summed E-state index contributed by atoms with van der Waals surface area (Å²) in [5.74, 6) is -0.194. The molecule has 0 aromatic rings. The van der Waals surface area contributed by atoms with Gasteiger partial charge in [0, 0.05) is 12.1 Å². The molecule has 12 heavy (non-hydrogen) atoms. The summed E-state index contributed by atoms with van der Waals surface area (Å²) in [6.07, 6.45) is -0.894. The number of rotatable bonds is 3. The molecule has 72 valence electrons. The second-order valence-corrected chi connectivity index (χ2v) is 3.61. The van der Waals surface area contributed by atoms with Crippen molar-refractivity contribution < 1.29 is 9.90 Å². The lowest BCUT2D eigenvalue weighted by molar-refractivity contribution is -0.142. The van der Waals surface area contributed by atoms with Crippen LogP contribution < -0.4 is 0 Å². The van der Waals surface area contributed by atoms with Gasteiger partial charge in [0.15, 0.2) is 0 Å². The fourth-order valence-corrected chi connectivity index (χ4v) is 1.32. The Morgan fingerprint density at radius 3 is 1.50 bits per heavy atom. The van der Waals surface area contributed by atoms with Crippen LogP contribution in [0.1, 0.15) is 34.6 Å². The fourth-order valence-electron chi connectivity index (χ4n) is 1.32. The summed E-state index contributed by atoms with van der Waals surface area (Å²) < 4.78 is 0. The summed E-state index contributed by atoms with van der Waals surface area (Å²) in [6.45, 7) is 9.28. The third-order valence-corrected chi connectivity index (χ3v) is 1.72. The summed E-state index contributed by atoms with van der Waals surface area (Å²) in [7, 11) is 0. The Balaban J connectivity index is 4.41. The van der Waals surface area contributed by atoms with Gasteiger partial charge in [0.2, 0.25) is 0 Å². The molecule has 0 rings (SSSR count). The molecule has 3 nitrogen and oxygen atoms in total. The van der Waals surface area contributed by atoms with Gasteiger partial charge in [-0.05, 0) is 34.6 Å². The first kappa shape index (κ1) is 11.4. The molecule has 0 aliphatic rings. The maximum absolute atomic E-state index is 11.4. The van der Waals surface area contributed by atoms with Crippen molar-refractivity contribution in [3.8, 4) is 0 Å². The zero-order chi connectivity index (χ0) is 9.89. The Hall–Kier alpha value is -0.570. The molecule has 0 heterocycles. The molecular formula is C9H19NO2. The summed E-state index contributed by atoms with van der Waals surface area (Å²) in [5, 5.41) is 9.10. The second-order valence-electron chi connectivity index (χ2n) is 3.61. The molecule has 0 aromatic carbocycles. The first-order valence-electron chi connectivity index (χ1n) is 4.38. The van der Waals surface area contributed by atoms with E-state index in [4.69, 9.17) is 5.11 Å². The van der Waals surface area contributed by atoms with E-state index in [9.17, 15) is 4.79 Å². The number of aliphatic hydroxyl groups excluding tert-OH is 1. The molecule has 0 aliphatic heterocycles. The van der Waals surface area contributed by atoms with E-state index in [0.717, 1.165) is 0 Å². The largest absolute Gasteiger partial charge is 0.384 e.